The van der Waals surface area contributed by atoms with Gasteiger partial charge in [0, 0.05) is 36.5 Å². The maximum atomic E-state index is 11.8. The number of carbonyl (C=O) groups excluding carboxylic acids is 2. The first-order chi connectivity index (χ1) is 8.96. The predicted molar refractivity (Wildman–Crippen MR) is 71.8 cm³/mol. The lowest BCUT2D eigenvalue weighted by atomic mass is 9.76. The minimum Gasteiger partial charge on any atom is -0.299 e. The first-order valence-electron chi connectivity index (χ1n) is 6.24. The van der Waals surface area contributed by atoms with Crippen molar-refractivity contribution in [1.82, 2.24) is 10.4 Å². The average molecular weight is 259 g/mol. The summed E-state index contributed by atoms with van der Waals surface area (Å²) in [4.78, 5) is 27.2. The molecule has 1 aliphatic carbocycles. The molecule has 5 nitrogen and oxygen atoms in total. The lowest BCUT2D eigenvalue weighted by Crippen LogP contribution is -2.31. The van der Waals surface area contributed by atoms with Crippen LogP contribution < -0.4 is 5.43 Å². The molecule has 1 heterocycles. The van der Waals surface area contributed by atoms with Crippen molar-refractivity contribution in [1.29, 1.82) is 0 Å². The number of rotatable bonds is 2. The number of hydrogen-bond donors (Lipinski definition) is 1. The van der Waals surface area contributed by atoms with Crippen molar-refractivity contribution in [2.24, 2.45) is 10.5 Å². The van der Waals surface area contributed by atoms with Gasteiger partial charge in [-0.3, -0.25) is 14.6 Å². The summed E-state index contributed by atoms with van der Waals surface area (Å²) in [6.07, 6.45) is 4.74. The molecule has 2 rings (SSSR count). The molecule has 0 bridgehead atoms. The van der Waals surface area contributed by atoms with Crippen LogP contribution in [0, 0.1) is 5.41 Å². The molecule has 1 aromatic rings. The summed E-state index contributed by atoms with van der Waals surface area (Å²) >= 11 is 0. The Morgan fingerprint density at radius 2 is 2.00 bits per heavy atom. The van der Waals surface area contributed by atoms with Crippen LogP contribution in [-0.4, -0.2) is 22.4 Å². The second kappa shape index (κ2) is 5.30. The maximum Gasteiger partial charge on any atom is 0.271 e. The lowest BCUT2D eigenvalue weighted by molar-refractivity contribution is -0.120. The van der Waals surface area contributed by atoms with Crippen molar-refractivity contribution in [3.05, 3.63) is 30.1 Å². The Bertz CT molecular complexity index is 521. The second-order valence-corrected chi connectivity index (χ2v) is 5.59. The van der Waals surface area contributed by atoms with Gasteiger partial charge in [0.1, 0.15) is 5.78 Å². The van der Waals surface area contributed by atoms with Gasteiger partial charge in [0.2, 0.25) is 0 Å². The molecule has 0 atom stereocenters. The second-order valence-electron chi connectivity index (χ2n) is 5.59. The molecule has 0 aromatic carbocycles. The number of amides is 1. The van der Waals surface area contributed by atoms with E-state index in [9.17, 15) is 9.59 Å². The first kappa shape index (κ1) is 13.4. The molecule has 1 N–H and O–H groups in total. The summed E-state index contributed by atoms with van der Waals surface area (Å²) < 4.78 is 0. The standard InChI is InChI=1S/C14H17N3O2/c1-14(2)8-11(7-12(18)9-14)16-17-13(19)10-3-5-15-6-4-10/h3-6H,7-9H2,1-2H3,(H,17,19)/b16-11+. The van der Waals surface area contributed by atoms with Crippen molar-refractivity contribution in [3.63, 3.8) is 0 Å². The summed E-state index contributed by atoms with van der Waals surface area (Å²) in [5.41, 5.74) is 3.66. The minimum atomic E-state index is -0.286. The van der Waals surface area contributed by atoms with Gasteiger partial charge >= 0.3 is 0 Å². The van der Waals surface area contributed by atoms with Crippen molar-refractivity contribution < 1.29 is 9.59 Å². The van der Waals surface area contributed by atoms with Gasteiger partial charge in [0.15, 0.2) is 0 Å². The number of pyridine rings is 1. The van der Waals surface area contributed by atoms with Crippen molar-refractivity contribution >= 4 is 17.4 Å². The van der Waals surface area contributed by atoms with E-state index in [1.807, 2.05) is 13.8 Å². The smallest absolute Gasteiger partial charge is 0.271 e. The van der Waals surface area contributed by atoms with Gasteiger partial charge in [0.05, 0.1) is 0 Å². The highest BCUT2D eigenvalue weighted by molar-refractivity contribution is 6.05. The number of Topliss-reactive ketones (excluding diaryl/α,β-unsaturated/α-hetero) is 1. The molecule has 0 aliphatic heterocycles. The Hall–Kier alpha value is -2.04. The molecule has 0 saturated heterocycles. The van der Waals surface area contributed by atoms with E-state index < -0.39 is 0 Å². The molecule has 5 heteroatoms. The quantitative estimate of drug-likeness (QED) is 0.825. The van der Waals surface area contributed by atoms with Crippen molar-refractivity contribution in [2.45, 2.75) is 33.1 Å². The van der Waals surface area contributed by atoms with Crippen molar-refractivity contribution in [2.75, 3.05) is 0 Å². The van der Waals surface area contributed by atoms with Gasteiger partial charge < -0.3 is 0 Å². The number of carbonyl (C=O) groups is 2. The van der Waals surface area contributed by atoms with Crippen LogP contribution >= 0.6 is 0 Å². The Kier molecular flexibility index (Phi) is 3.74. The topological polar surface area (TPSA) is 71.4 Å². The fraction of sp³-hybridized carbons (Fsp3) is 0.429. The largest absolute Gasteiger partial charge is 0.299 e. The minimum absolute atomic E-state index is 0.0738. The third-order valence-electron chi connectivity index (χ3n) is 3.02. The van der Waals surface area contributed by atoms with E-state index in [2.05, 4.69) is 15.5 Å². The summed E-state index contributed by atoms with van der Waals surface area (Å²) in [7, 11) is 0. The lowest BCUT2D eigenvalue weighted by Gasteiger charge is -2.28. The third-order valence-corrected chi connectivity index (χ3v) is 3.02. The predicted octanol–water partition coefficient (Wildman–Crippen LogP) is 1.95. The van der Waals surface area contributed by atoms with E-state index in [1.54, 1.807) is 24.5 Å². The Morgan fingerprint density at radius 3 is 2.63 bits per heavy atom. The number of nitrogens with one attached hydrogen (secondary N) is 1. The molecule has 1 saturated carbocycles. The Balaban J connectivity index is 2.03. The highest BCUT2D eigenvalue weighted by Crippen LogP contribution is 2.31. The average Bonchev–Trinajstić information content (AvgIpc) is 2.34. The highest BCUT2D eigenvalue weighted by atomic mass is 16.2. The molecule has 1 aliphatic rings. The number of hydrogen-bond acceptors (Lipinski definition) is 4. The van der Waals surface area contributed by atoms with Gasteiger partial charge in [-0.05, 0) is 24.0 Å². The zero-order valence-electron chi connectivity index (χ0n) is 11.1. The molecule has 1 fully saturated rings. The van der Waals surface area contributed by atoms with E-state index in [0.717, 1.165) is 12.1 Å². The number of nitrogens with zero attached hydrogens (tertiary/aromatic N) is 2. The molecule has 0 unspecified atom stereocenters. The molecule has 100 valence electrons. The third kappa shape index (κ3) is 3.71. The van der Waals surface area contributed by atoms with Gasteiger partial charge in [-0.2, -0.15) is 5.10 Å². The van der Waals surface area contributed by atoms with Crippen LogP contribution in [0.1, 0.15) is 43.5 Å². The van der Waals surface area contributed by atoms with Crippen LogP contribution in [0.25, 0.3) is 0 Å². The number of hydrazone groups is 1. The zero-order valence-corrected chi connectivity index (χ0v) is 11.1. The van der Waals surface area contributed by atoms with Crippen molar-refractivity contribution in [3.8, 4) is 0 Å². The van der Waals surface area contributed by atoms with E-state index in [4.69, 9.17) is 0 Å². The molecule has 1 aromatic heterocycles. The Labute approximate surface area is 112 Å². The van der Waals surface area contributed by atoms with Gasteiger partial charge in [-0.25, -0.2) is 5.43 Å². The van der Waals surface area contributed by atoms with Gasteiger partial charge in [0.25, 0.3) is 5.91 Å². The van der Waals surface area contributed by atoms with Crippen LogP contribution in [0.4, 0.5) is 0 Å². The summed E-state index contributed by atoms with van der Waals surface area (Å²) in [5.74, 6) is -0.112. The normalized spacial score (nSPS) is 20.3. The molecular formula is C14H17N3O2. The van der Waals surface area contributed by atoms with E-state index >= 15 is 0 Å². The highest BCUT2D eigenvalue weighted by Gasteiger charge is 2.30. The Morgan fingerprint density at radius 1 is 1.32 bits per heavy atom. The number of aromatic nitrogens is 1. The monoisotopic (exact) mass is 259 g/mol. The van der Waals surface area contributed by atoms with E-state index in [0.29, 0.717) is 18.4 Å². The summed E-state index contributed by atoms with van der Waals surface area (Å²) in [5, 5.41) is 4.08. The molecule has 1 amide bonds. The molecule has 0 spiro atoms. The number of ketones is 1. The SMILES string of the molecule is CC1(C)CC(=O)C/C(=N\NC(=O)c2ccncc2)C1. The molecule has 0 radical (unpaired) electrons. The maximum absolute atomic E-state index is 11.8. The fourth-order valence-electron chi connectivity index (χ4n) is 2.28. The van der Waals surface area contributed by atoms with E-state index in [1.165, 1.54) is 0 Å². The van der Waals surface area contributed by atoms with Gasteiger partial charge in [-0.1, -0.05) is 13.8 Å². The van der Waals surface area contributed by atoms with Gasteiger partial charge in [-0.15, -0.1) is 0 Å². The fourth-order valence-corrected chi connectivity index (χ4v) is 2.28. The first-order valence-corrected chi connectivity index (χ1v) is 6.24. The summed E-state index contributed by atoms with van der Waals surface area (Å²) in [6.45, 7) is 4.06. The zero-order chi connectivity index (χ0) is 13.9. The molecule has 19 heavy (non-hydrogen) atoms. The van der Waals surface area contributed by atoms with Crippen LogP contribution in [0.5, 0.6) is 0 Å². The van der Waals surface area contributed by atoms with Crippen LogP contribution in [-0.2, 0) is 4.79 Å². The van der Waals surface area contributed by atoms with Crippen LogP contribution in [0.2, 0.25) is 0 Å². The summed E-state index contributed by atoms with van der Waals surface area (Å²) in [6, 6.07) is 3.23. The molecular weight excluding hydrogens is 242 g/mol. The van der Waals surface area contributed by atoms with Crippen LogP contribution in [0.3, 0.4) is 0 Å². The van der Waals surface area contributed by atoms with Crippen LogP contribution in [0.15, 0.2) is 29.6 Å². The van der Waals surface area contributed by atoms with E-state index in [-0.39, 0.29) is 17.1 Å².